The van der Waals surface area contributed by atoms with Gasteiger partial charge >= 0.3 is 0 Å². The van der Waals surface area contributed by atoms with E-state index in [9.17, 15) is 4.79 Å². The summed E-state index contributed by atoms with van der Waals surface area (Å²) in [6.45, 7) is 4.51. The highest BCUT2D eigenvalue weighted by molar-refractivity contribution is 5.77. The molecule has 1 aromatic heterocycles. The number of rotatable bonds is 4. The van der Waals surface area contributed by atoms with Crippen molar-refractivity contribution >= 4 is 5.91 Å². The minimum atomic E-state index is 0.174. The van der Waals surface area contributed by atoms with Crippen LogP contribution in [0.1, 0.15) is 31.5 Å². The topological polar surface area (TPSA) is 54.3 Å². The van der Waals surface area contributed by atoms with Crippen LogP contribution in [0, 0.1) is 0 Å². The molecule has 0 radical (unpaired) electrons. The lowest BCUT2D eigenvalue weighted by Gasteiger charge is -2.31. The van der Waals surface area contributed by atoms with Crippen molar-refractivity contribution in [2.75, 3.05) is 33.7 Å². The van der Waals surface area contributed by atoms with Crippen LogP contribution >= 0.6 is 0 Å². The van der Waals surface area contributed by atoms with E-state index >= 15 is 0 Å². The van der Waals surface area contributed by atoms with Crippen molar-refractivity contribution in [1.29, 1.82) is 0 Å². The number of carbonyl (C=O) groups excluding carboxylic acids is 1. The van der Waals surface area contributed by atoms with Crippen LogP contribution in [0.5, 0.6) is 0 Å². The number of hydrogen-bond acceptors (Lipinski definition) is 4. The third kappa shape index (κ3) is 3.53. The SMILES string of the molecule is CCc1cn(C2CCN(CC(=O)N(C)C)CC2)nn1. The largest absolute Gasteiger partial charge is 0.348 e. The molecule has 6 heteroatoms. The van der Waals surface area contributed by atoms with Gasteiger partial charge in [0, 0.05) is 33.4 Å². The van der Waals surface area contributed by atoms with Gasteiger partial charge in [-0.25, -0.2) is 4.68 Å². The van der Waals surface area contributed by atoms with Crippen LogP contribution < -0.4 is 0 Å². The number of aromatic nitrogens is 3. The van der Waals surface area contributed by atoms with Crippen LogP contribution in [0.15, 0.2) is 6.20 Å². The van der Waals surface area contributed by atoms with Gasteiger partial charge in [-0.2, -0.15) is 0 Å². The second-order valence-electron chi connectivity index (χ2n) is 5.34. The zero-order valence-electron chi connectivity index (χ0n) is 12.0. The Morgan fingerprint density at radius 1 is 1.42 bits per heavy atom. The molecule has 2 heterocycles. The number of piperidine rings is 1. The van der Waals surface area contributed by atoms with Crippen LogP contribution in [0.4, 0.5) is 0 Å². The Labute approximate surface area is 114 Å². The minimum absolute atomic E-state index is 0.174. The van der Waals surface area contributed by atoms with Crippen LogP contribution in [0.2, 0.25) is 0 Å². The fourth-order valence-corrected chi connectivity index (χ4v) is 2.33. The van der Waals surface area contributed by atoms with Gasteiger partial charge in [0.05, 0.1) is 18.3 Å². The van der Waals surface area contributed by atoms with E-state index in [0.717, 1.165) is 38.0 Å². The molecule has 0 N–H and O–H groups in total. The molecule has 1 amide bonds. The molecule has 1 aromatic rings. The van der Waals surface area contributed by atoms with E-state index in [2.05, 4.69) is 22.1 Å². The van der Waals surface area contributed by atoms with Gasteiger partial charge in [-0.05, 0) is 19.3 Å². The molecule has 0 saturated carbocycles. The molecule has 0 aromatic carbocycles. The smallest absolute Gasteiger partial charge is 0.236 e. The van der Waals surface area contributed by atoms with Gasteiger partial charge in [0.25, 0.3) is 0 Å². The molecule has 1 saturated heterocycles. The van der Waals surface area contributed by atoms with Crippen molar-refractivity contribution in [3.05, 3.63) is 11.9 Å². The number of likely N-dealkylation sites (N-methyl/N-ethyl adjacent to an activating group) is 1. The molecule has 6 nitrogen and oxygen atoms in total. The minimum Gasteiger partial charge on any atom is -0.348 e. The van der Waals surface area contributed by atoms with Crippen LogP contribution in [0.25, 0.3) is 0 Å². The first kappa shape index (κ1) is 14.0. The second-order valence-corrected chi connectivity index (χ2v) is 5.34. The second kappa shape index (κ2) is 6.14. The van der Waals surface area contributed by atoms with Crippen molar-refractivity contribution in [3.63, 3.8) is 0 Å². The van der Waals surface area contributed by atoms with E-state index in [0.29, 0.717) is 12.6 Å². The Morgan fingerprint density at radius 3 is 2.63 bits per heavy atom. The molecule has 1 aliphatic heterocycles. The fourth-order valence-electron chi connectivity index (χ4n) is 2.33. The van der Waals surface area contributed by atoms with Crippen LogP contribution in [-0.2, 0) is 11.2 Å². The third-order valence-electron chi connectivity index (χ3n) is 3.71. The summed E-state index contributed by atoms with van der Waals surface area (Å²) in [5, 5.41) is 8.34. The number of carbonyl (C=O) groups is 1. The van der Waals surface area contributed by atoms with Gasteiger partial charge in [-0.15, -0.1) is 5.10 Å². The Bertz CT molecular complexity index is 420. The normalized spacial score (nSPS) is 17.6. The van der Waals surface area contributed by atoms with Gasteiger partial charge in [-0.1, -0.05) is 12.1 Å². The first-order valence-corrected chi connectivity index (χ1v) is 6.93. The van der Waals surface area contributed by atoms with Crippen molar-refractivity contribution in [3.8, 4) is 0 Å². The molecule has 0 spiro atoms. The molecular weight excluding hydrogens is 242 g/mol. The summed E-state index contributed by atoms with van der Waals surface area (Å²) in [6.07, 6.45) is 5.04. The van der Waals surface area contributed by atoms with Crippen molar-refractivity contribution < 1.29 is 4.79 Å². The Hall–Kier alpha value is -1.43. The molecule has 1 fully saturated rings. The first-order chi connectivity index (χ1) is 9.10. The average molecular weight is 265 g/mol. The highest BCUT2D eigenvalue weighted by atomic mass is 16.2. The fraction of sp³-hybridized carbons (Fsp3) is 0.769. The molecular formula is C13H23N5O. The number of hydrogen-bond donors (Lipinski definition) is 0. The highest BCUT2D eigenvalue weighted by Crippen LogP contribution is 2.21. The Morgan fingerprint density at radius 2 is 2.11 bits per heavy atom. The molecule has 0 bridgehead atoms. The first-order valence-electron chi connectivity index (χ1n) is 6.93. The van der Waals surface area contributed by atoms with E-state index in [-0.39, 0.29) is 5.91 Å². The zero-order valence-corrected chi connectivity index (χ0v) is 12.0. The number of nitrogens with zero attached hydrogens (tertiary/aromatic N) is 5. The van der Waals surface area contributed by atoms with Gasteiger partial charge in [0.2, 0.25) is 5.91 Å². The maximum atomic E-state index is 11.7. The van der Waals surface area contributed by atoms with Gasteiger partial charge in [-0.3, -0.25) is 9.69 Å². The lowest BCUT2D eigenvalue weighted by atomic mass is 10.1. The number of aryl methyl sites for hydroxylation is 1. The van der Waals surface area contributed by atoms with Gasteiger partial charge in [0.15, 0.2) is 0 Å². The molecule has 2 rings (SSSR count). The molecule has 0 aliphatic carbocycles. The summed E-state index contributed by atoms with van der Waals surface area (Å²) in [4.78, 5) is 15.5. The zero-order chi connectivity index (χ0) is 13.8. The predicted molar refractivity (Wildman–Crippen MR) is 72.8 cm³/mol. The number of likely N-dealkylation sites (tertiary alicyclic amines) is 1. The maximum Gasteiger partial charge on any atom is 0.236 e. The monoisotopic (exact) mass is 265 g/mol. The van der Waals surface area contributed by atoms with E-state index in [4.69, 9.17) is 0 Å². The Kier molecular flexibility index (Phi) is 4.52. The summed E-state index contributed by atoms with van der Waals surface area (Å²) < 4.78 is 1.99. The van der Waals surface area contributed by atoms with E-state index in [1.165, 1.54) is 0 Å². The lowest BCUT2D eigenvalue weighted by Crippen LogP contribution is -2.41. The quantitative estimate of drug-likeness (QED) is 0.798. The van der Waals surface area contributed by atoms with Crippen molar-refractivity contribution in [1.82, 2.24) is 24.8 Å². The van der Waals surface area contributed by atoms with Crippen LogP contribution in [0.3, 0.4) is 0 Å². The molecule has 0 atom stereocenters. The summed E-state index contributed by atoms with van der Waals surface area (Å²) in [6, 6.07) is 0.429. The summed E-state index contributed by atoms with van der Waals surface area (Å²) in [5.41, 5.74) is 1.05. The van der Waals surface area contributed by atoms with Crippen molar-refractivity contribution in [2.24, 2.45) is 0 Å². The van der Waals surface area contributed by atoms with Crippen LogP contribution in [-0.4, -0.2) is 64.4 Å². The number of amides is 1. The average Bonchev–Trinajstić information content (AvgIpc) is 2.88. The maximum absolute atomic E-state index is 11.7. The molecule has 19 heavy (non-hydrogen) atoms. The molecule has 0 unspecified atom stereocenters. The summed E-state index contributed by atoms with van der Waals surface area (Å²) in [7, 11) is 3.60. The predicted octanol–water partition coefficient (Wildman–Crippen LogP) is 0.566. The van der Waals surface area contributed by atoms with Gasteiger partial charge in [0.1, 0.15) is 0 Å². The third-order valence-corrected chi connectivity index (χ3v) is 3.71. The van der Waals surface area contributed by atoms with Crippen molar-refractivity contribution in [2.45, 2.75) is 32.2 Å². The standard InChI is InChI=1S/C13H23N5O/c1-4-11-9-18(15-14-11)12-5-7-17(8-6-12)10-13(19)16(2)3/h9,12H,4-8,10H2,1-3H3. The highest BCUT2D eigenvalue weighted by Gasteiger charge is 2.23. The Balaban J connectivity index is 1.83. The summed E-state index contributed by atoms with van der Waals surface area (Å²) >= 11 is 0. The van der Waals surface area contributed by atoms with E-state index in [1.807, 2.05) is 10.9 Å². The van der Waals surface area contributed by atoms with Gasteiger partial charge < -0.3 is 4.90 Å². The van der Waals surface area contributed by atoms with E-state index in [1.54, 1.807) is 19.0 Å². The summed E-state index contributed by atoms with van der Waals surface area (Å²) in [5.74, 6) is 0.174. The molecule has 106 valence electrons. The van der Waals surface area contributed by atoms with E-state index < -0.39 is 0 Å². The lowest BCUT2D eigenvalue weighted by molar-refractivity contribution is -0.130. The molecule has 1 aliphatic rings.